The van der Waals surface area contributed by atoms with Gasteiger partial charge in [0.05, 0.1) is 0 Å². The SMILES string of the molecule is CC(CN1CCCCC1)NC(=O)CC(N)C(C)(C)C. The summed E-state index contributed by atoms with van der Waals surface area (Å²) in [6.07, 6.45) is 4.33. The minimum absolute atomic E-state index is 0.0204. The molecule has 2 atom stereocenters. The van der Waals surface area contributed by atoms with Gasteiger partial charge in [0.25, 0.3) is 0 Å². The van der Waals surface area contributed by atoms with Crippen LogP contribution in [0.3, 0.4) is 0 Å². The fourth-order valence-electron chi connectivity index (χ4n) is 2.41. The fraction of sp³-hybridized carbons (Fsp3) is 0.933. The number of amides is 1. The summed E-state index contributed by atoms with van der Waals surface area (Å²) < 4.78 is 0. The molecule has 1 saturated heterocycles. The number of hydrogen-bond acceptors (Lipinski definition) is 3. The average molecular weight is 269 g/mol. The smallest absolute Gasteiger partial charge is 0.221 e. The number of nitrogens with one attached hydrogen (secondary N) is 1. The minimum Gasteiger partial charge on any atom is -0.352 e. The third kappa shape index (κ3) is 6.39. The monoisotopic (exact) mass is 269 g/mol. The van der Waals surface area contributed by atoms with Gasteiger partial charge in [-0.15, -0.1) is 0 Å². The van der Waals surface area contributed by atoms with Crippen LogP contribution in [-0.2, 0) is 4.79 Å². The maximum Gasteiger partial charge on any atom is 0.221 e. The molecule has 1 amide bonds. The van der Waals surface area contributed by atoms with Gasteiger partial charge in [-0.3, -0.25) is 4.79 Å². The number of nitrogens with zero attached hydrogens (tertiary/aromatic N) is 1. The highest BCUT2D eigenvalue weighted by Crippen LogP contribution is 2.19. The van der Waals surface area contributed by atoms with Crippen LogP contribution in [0.4, 0.5) is 0 Å². The molecule has 1 rings (SSSR count). The van der Waals surface area contributed by atoms with Crippen LogP contribution >= 0.6 is 0 Å². The summed E-state index contributed by atoms with van der Waals surface area (Å²) >= 11 is 0. The molecule has 19 heavy (non-hydrogen) atoms. The quantitative estimate of drug-likeness (QED) is 0.799. The van der Waals surface area contributed by atoms with Crippen LogP contribution in [0.2, 0.25) is 0 Å². The standard InChI is InChI=1S/C15H31N3O/c1-12(11-18-8-6-5-7-9-18)17-14(19)10-13(16)15(2,3)4/h12-13H,5-11,16H2,1-4H3,(H,17,19). The zero-order valence-electron chi connectivity index (χ0n) is 13.0. The molecular formula is C15H31N3O. The molecule has 1 fully saturated rings. The molecule has 3 N–H and O–H groups in total. The van der Waals surface area contributed by atoms with Crippen molar-refractivity contribution in [2.45, 2.75) is 65.5 Å². The van der Waals surface area contributed by atoms with E-state index in [2.05, 4.69) is 37.9 Å². The molecule has 1 aliphatic rings. The molecule has 0 aromatic carbocycles. The van der Waals surface area contributed by atoms with E-state index in [1.165, 1.54) is 32.4 Å². The predicted octanol–water partition coefficient (Wildman–Crippen LogP) is 1.74. The lowest BCUT2D eigenvalue weighted by atomic mass is 9.85. The van der Waals surface area contributed by atoms with E-state index in [0.29, 0.717) is 6.42 Å². The molecule has 1 heterocycles. The fourth-order valence-corrected chi connectivity index (χ4v) is 2.41. The van der Waals surface area contributed by atoms with E-state index in [0.717, 1.165) is 6.54 Å². The van der Waals surface area contributed by atoms with Gasteiger partial charge in [0.1, 0.15) is 0 Å². The largest absolute Gasteiger partial charge is 0.352 e. The maximum absolute atomic E-state index is 11.9. The number of nitrogens with two attached hydrogens (primary N) is 1. The van der Waals surface area contributed by atoms with Crippen molar-refractivity contribution in [2.75, 3.05) is 19.6 Å². The molecule has 1 aliphatic heterocycles. The highest BCUT2D eigenvalue weighted by atomic mass is 16.1. The van der Waals surface area contributed by atoms with Crippen LogP contribution in [0.25, 0.3) is 0 Å². The second-order valence-corrected chi connectivity index (χ2v) is 7.01. The van der Waals surface area contributed by atoms with Crippen LogP contribution in [0.15, 0.2) is 0 Å². The number of hydrogen-bond donors (Lipinski definition) is 2. The maximum atomic E-state index is 11.9. The summed E-state index contributed by atoms with van der Waals surface area (Å²) in [5.74, 6) is 0.0759. The molecule has 0 aromatic heterocycles. The molecule has 0 saturated carbocycles. The molecule has 0 aromatic rings. The van der Waals surface area contributed by atoms with Crippen LogP contribution < -0.4 is 11.1 Å². The van der Waals surface area contributed by atoms with E-state index >= 15 is 0 Å². The van der Waals surface area contributed by atoms with Crippen molar-refractivity contribution in [2.24, 2.45) is 11.1 Å². The summed E-state index contributed by atoms with van der Waals surface area (Å²) in [6, 6.07) is 0.118. The number of carbonyl (C=O) groups is 1. The van der Waals surface area contributed by atoms with Crippen molar-refractivity contribution in [3.8, 4) is 0 Å². The summed E-state index contributed by atoms with van der Waals surface area (Å²) in [7, 11) is 0. The molecule has 0 aliphatic carbocycles. The lowest BCUT2D eigenvalue weighted by molar-refractivity contribution is -0.122. The third-order valence-corrected chi connectivity index (χ3v) is 3.91. The molecule has 2 unspecified atom stereocenters. The number of likely N-dealkylation sites (tertiary alicyclic amines) is 1. The molecular weight excluding hydrogens is 238 g/mol. The Morgan fingerprint density at radius 1 is 1.26 bits per heavy atom. The van der Waals surface area contributed by atoms with Crippen molar-refractivity contribution in [1.29, 1.82) is 0 Å². The van der Waals surface area contributed by atoms with Gasteiger partial charge in [-0.25, -0.2) is 0 Å². The Balaban J connectivity index is 2.27. The topological polar surface area (TPSA) is 58.4 Å². The first-order valence-corrected chi connectivity index (χ1v) is 7.56. The summed E-state index contributed by atoms with van der Waals surface area (Å²) in [6.45, 7) is 11.6. The summed E-state index contributed by atoms with van der Waals surface area (Å²) in [5, 5.41) is 3.07. The van der Waals surface area contributed by atoms with Crippen molar-refractivity contribution in [1.82, 2.24) is 10.2 Å². The predicted molar refractivity (Wildman–Crippen MR) is 79.9 cm³/mol. The average Bonchev–Trinajstić information content (AvgIpc) is 2.28. The molecule has 4 heteroatoms. The van der Waals surface area contributed by atoms with Crippen molar-refractivity contribution in [3.05, 3.63) is 0 Å². The molecule has 0 bridgehead atoms. The van der Waals surface area contributed by atoms with Gasteiger partial charge in [-0.1, -0.05) is 27.2 Å². The number of carbonyl (C=O) groups excluding carboxylic acids is 1. The van der Waals surface area contributed by atoms with Gasteiger partial charge in [-0.2, -0.15) is 0 Å². The Kier molecular flexibility index (Phi) is 6.27. The first-order chi connectivity index (χ1) is 8.79. The van der Waals surface area contributed by atoms with E-state index in [9.17, 15) is 4.79 Å². The van der Waals surface area contributed by atoms with E-state index < -0.39 is 0 Å². The minimum atomic E-state index is -0.0883. The second-order valence-electron chi connectivity index (χ2n) is 7.01. The highest BCUT2D eigenvalue weighted by molar-refractivity contribution is 5.76. The first kappa shape index (κ1) is 16.4. The van der Waals surface area contributed by atoms with Gasteiger partial charge in [0.2, 0.25) is 5.91 Å². The van der Waals surface area contributed by atoms with Crippen molar-refractivity contribution >= 4 is 5.91 Å². The molecule has 112 valence electrons. The van der Waals surface area contributed by atoms with E-state index in [1.807, 2.05) is 0 Å². The normalized spacial score (nSPS) is 20.9. The van der Waals surface area contributed by atoms with Crippen molar-refractivity contribution < 1.29 is 4.79 Å². The summed E-state index contributed by atoms with van der Waals surface area (Å²) in [5.41, 5.74) is 6.02. The number of rotatable bonds is 5. The van der Waals surface area contributed by atoms with Gasteiger partial charge in [-0.05, 0) is 38.3 Å². The van der Waals surface area contributed by atoms with Crippen LogP contribution in [0.1, 0.15) is 53.4 Å². The zero-order chi connectivity index (χ0) is 14.5. The van der Waals surface area contributed by atoms with Crippen LogP contribution in [-0.4, -0.2) is 42.5 Å². The van der Waals surface area contributed by atoms with Crippen LogP contribution in [0, 0.1) is 5.41 Å². The van der Waals surface area contributed by atoms with Crippen molar-refractivity contribution in [3.63, 3.8) is 0 Å². The summed E-state index contributed by atoms with van der Waals surface area (Å²) in [4.78, 5) is 14.4. The Labute approximate surface area is 118 Å². The van der Waals surface area contributed by atoms with E-state index in [1.54, 1.807) is 0 Å². The first-order valence-electron chi connectivity index (χ1n) is 7.56. The van der Waals surface area contributed by atoms with Gasteiger partial charge in [0.15, 0.2) is 0 Å². The second kappa shape index (κ2) is 7.25. The van der Waals surface area contributed by atoms with E-state index in [4.69, 9.17) is 5.73 Å². The lowest BCUT2D eigenvalue weighted by Crippen LogP contribution is -2.46. The Morgan fingerprint density at radius 3 is 2.37 bits per heavy atom. The molecule has 0 radical (unpaired) electrons. The zero-order valence-corrected chi connectivity index (χ0v) is 13.0. The van der Waals surface area contributed by atoms with E-state index in [-0.39, 0.29) is 23.4 Å². The molecule has 0 spiro atoms. The number of piperidine rings is 1. The Hall–Kier alpha value is -0.610. The van der Waals surface area contributed by atoms with Gasteiger partial charge in [0, 0.05) is 25.0 Å². The molecule has 4 nitrogen and oxygen atoms in total. The Morgan fingerprint density at radius 2 is 1.84 bits per heavy atom. The van der Waals surface area contributed by atoms with Gasteiger partial charge < -0.3 is 16.0 Å². The van der Waals surface area contributed by atoms with Crippen LogP contribution in [0.5, 0.6) is 0 Å². The third-order valence-electron chi connectivity index (χ3n) is 3.91. The Bertz CT molecular complexity index is 280. The van der Waals surface area contributed by atoms with Gasteiger partial charge >= 0.3 is 0 Å². The lowest BCUT2D eigenvalue weighted by Gasteiger charge is -2.30. The highest BCUT2D eigenvalue weighted by Gasteiger charge is 2.24.